The normalized spacial score (nSPS) is 10.6. The first-order chi connectivity index (χ1) is 7.99. The van der Waals surface area contributed by atoms with Crippen LogP contribution in [-0.4, -0.2) is 15.7 Å². The van der Waals surface area contributed by atoms with Crippen molar-refractivity contribution in [3.63, 3.8) is 0 Å². The highest BCUT2D eigenvalue weighted by Crippen LogP contribution is 2.21. The van der Waals surface area contributed by atoms with Gasteiger partial charge in [0.05, 0.1) is 5.69 Å². The summed E-state index contributed by atoms with van der Waals surface area (Å²) in [6.07, 6.45) is 0. The molecule has 0 atom stereocenters. The van der Waals surface area contributed by atoms with E-state index in [1.54, 1.807) is 32.0 Å². The minimum atomic E-state index is -0.266. The van der Waals surface area contributed by atoms with Crippen LogP contribution in [0.3, 0.4) is 0 Å². The van der Waals surface area contributed by atoms with Gasteiger partial charge < -0.3 is 0 Å². The first-order valence-electron chi connectivity index (χ1n) is 5.33. The van der Waals surface area contributed by atoms with Gasteiger partial charge in [-0.05, 0) is 31.5 Å². The Balaban J connectivity index is 2.50. The molecule has 0 aliphatic rings. The van der Waals surface area contributed by atoms with Gasteiger partial charge in [0, 0.05) is 18.2 Å². The van der Waals surface area contributed by atoms with E-state index in [4.69, 9.17) is 0 Å². The number of carbonyl (C=O) groups excluding carboxylic acids is 1. The topological polar surface area (TPSA) is 34.9 Å². The zero-order chi connectivity index (χ0) is 12.6. The van der Waals surface area contributed by atoms with Crippen molar-refractivity contribution in [1.29, 1.82) is 0 Å². The second-order valence-electron chi connectivity index (χ2n) is 4.07. The lowest BCUT2D eigenvalue weighted by atomic mass is 10.1. The third-order valence-corrected chi connectivity index (χ3v) is 2.65. The van der Waals surface area contributed by atoms with Crippen LogP contribution in [0.1, 0.15) is 23.0 Å². The van der Waals surface area contributed by atoms with Crippen molar-refractivity contribution in [2.75, 3.05) is 0 Å². The van der Waals surface area contributed by atoms with Gasteiger partial charge in [0.15, 0.2) is 0 Å². The largest absolute Gasteiger partial charge is 0.273 e. The molecule has 0 spiro atoms. The standard InChI is InChI=1S/C13H13FN2O/c1-8-4-5-11(7-12(8)14)13-6-9(2)16(15-13)10(3)17/h4-7H,1-3H3. The Morgan fingerprint density at radius 3 is 2.53 bits per heavy atom. The molecule has 0 amide bonds. The molecular weight excluding hydrogens is 219 g/mol. The molecule has 1 aromatic carbocycles. The summed E-state index contributed by atoms with van der Waals surface area (Å²) in [6.45, 7) is 4.94. The predicted octanol–water partition coefficient (Wildman–Crippen LogP) is 2.97. The summed E-state index contributed by atoms with van der Waals surface area (Å²) in [5.41, 5.74) is 2.62. The van der Waals surface area contributed by atoms with Gasteiger partial charge in [-0.15, -0.1) is 0 Å². The molecular formula is C13H13FN2O. The molecule has 1 aromatic heterocycles. The van der Waals surface area contributed by atoms with Gasteiger partial charge in [0.25, 0.3) is 0 Å². The third kappa shape index (κ3) is 2.11. The van der Waals surface area contributed by atoms with Crippen LogP contribution in [0.5, 0.6) is 0 Å². The monoisotopic (exact) mass is 232 g/mol. The van der Waals surface area contributed by atoms with Gasteiger partial charge in [-0.2, -0.15) is 5.10 Å². The molecule has 88 valence electrons. The molecule has 0 radical (unpaired) electrons. The number of halogens is 1. The predicted molar refractivity (Wildman–Crippen MR) is 63.4 cm³/mol. The average molecular weight is 232 g/mol. The molecule has 2 rings (SSSR count). The molecule has 0 saturated heterocycles. The summed E-state index contributed by atoms with van der Waals surface area (Å²) in [7, 11) is 0. The molecule has 3 nitrogen and oxygen atoms in total. The first-order valence-corrected chi connectivity index (χ1v) is 5.33. The maximum Gasteiger partial charge on any atom is 0.243 e. The van der Waals surface area contributed by atoms with Gasteiger partial charge in [-0.3, -0.25) is 4.79 Å². The van der Waals surface area contributed by atoms with E-state index in [0.717, 1.165) is 5.69 Å². The summed E-state index contributed by atoms with van der Waals surface area (Å²) in [4.78, 5) is 11.3. The second kappa shape index (κ2) is 4.13. The number of hydrogen-bond acceptors (Lipinski definition) is 2. The van der Waals surface area contributed by atoms with Crippen molar-refractivity contribution in [1.82, 2.24) is 9.78 Å². The Kier molecular flexibility index (Phi) is 2.79. The molecule has 0 bridgehead atoms. The Labute approximate surface area is 98.9 Å². The van der Waals surface area contributed by atoms with Crippen LogP contribution in [0.25, 0.3) is 11.3 Å². The van der Waals surface area contributed by atoms with E-state index in [1.165, 1.54) is 17.7 Å². The van der Waals surface area contributed by atoms with E-state index in [2.05, 4.69) is 5.10 Å². The number of benzene rings is 1. The number of nitrogens with zero attached hydrogens (tertiary/aromatic N) is 2. The van der Waals surface area contributed by atoms with Crippen LogP contribution in [0.2, 0.25) is 0 Å². The minimum Gasteiger partial charge on any atom is -0.273 e. The lowest BCUT2D eigenvalue weighted by Crippen LogP contribution is -2.09. The summed E-state index contributed by atoms with van der Waals surface area (Å²) in [5, 5.41) is 4.15. The van der Waals surface area contributed by atoms with Gasteiger partial charge in [0.2, 0.25) is 5.91 Å². The molecule has 0 unspecified atom stereocenters. The lowest BCUT2D eigenvalue weighted by molar-refractivity contribution is 0.0919. The van der Waals surface area contributed by atoms with Crippen molar-refractivity contribution in [2.24, 2.45) is 0 Å². The molecule has 0 saturated carbocycles. The van der Waals surface area contributed by atoms with Crippen LogP contribution < -0.4 is 0 Å². The van der Waals surface area contributed by atoms with Crippen molar-refractivity contribution < 1.29 is 9.18 Å². The second-order valence-corrected chi connectivity index (χ2v) is 4.07. The van der Waals surface area contributed by atoms with Crippen LogP contribution >= 0.6 is 0 Å². The van der Waals surface area contributed by atoms with Crippen molar-refractivity contribution in [3.8, 4) is 11.3 Å². The molecule has 0 aliphatic carbocycles. The third-order valence-electron chi connectivity index (χ3n) is 2.65. The smallest absolute Gasteiger partial charge is 0.243 e. The molecule has 17 heavy (non-hydrogen) atoms. The number of rotatable bonds is 1. The maximum absolute atomic E-state index is 13.4. The minimum absolute atomic E-state index is 0.152. The Morgan fingerprint density at radius 2 is 2.00 bits per heavy atom. The summed E-state index contributed by atoms with van der Waals surface area (Å²) >= 11 is 0. The fourth-order valence-electron chi connectivity index (χ4n) is 1.69. The van der Waals surface area contributed by atoms with Crippen LogP contribution in [0, 0.1) is 19.7 Å². The van der Waals surface area contributed by atoms with Gasteiger partial charge in [-0.25, -0.2) is 9.07 Å². The maximum atomic E-state index is 13.4. The highest BCUT2D eigenvalue weighted by molar-refractivity contribution is 5.77. The zero-order valence-electron chi connectivity index (χ0n) is 9.99. The zero-order valence-corrected chi connectivity index (χ0v) is 9.99. The Hall–Kier alpha value is -1.97. The van der Waals surface area contributed by atoms with E-state index in [-0.39, 0.29) is 11.7 Å². The summed E-state index contributed by atoms with van der Waals surface area (Å²) in [6, 6.07) is 6.70. The molecule has 0 fully saturated rings. The highest BCUT2D eigenvalue weighted by atomic mass is 19.1. The van der Waals surface area contributed by atoms with E-state index in [9.17, 15) is 9.18 Å². The van der Waals surface area contributed by atoms with Crippen molar-refractivity contribution >= 4 is 5.91 Å². The molecule has 1 heterocycles. The van der Waals surface area contributed by atoms with Gasteiger partial charge in [-0.1, -0.05) is 12.1 Å². The fraction of sp³-hybridized carbons (Fsp3) is 0.231. The van der Waals surface area contributed by atoms with E-state index < -0.39 is 0 Å². The molecule has 4 heteroatoms. The number of aromatic nitrogens is 2. The van der Waals surface area contributed by atoms with E-state index in [1.807, 2.05) is 0 Å². The quantitative estimate of drug-likeness (QED) is 0.757. The van der Waals surface area contributed by atoms with Gasteiger partial charge >= 0.3 is 0 Å². The average Bonchev–Trinajstić information content (AvgIpc) is 2.64. The molecule has 0 N–H and O–H groups in total. The summed E-state index contributed by atoms with van der Waals surface area (Å²) < 4.78 is 14.7. The summed E-state index contributed by atoms with van der Waals surface area (Å²) in [5.74, 6) is -0.418. The SMILES string of the molecule is CC(=O)n1nc(-c2ccc(C)c(F)c2)cc1C. The molecule has 0 aliphatic heterocycles. The number of hydrogen-bond donors (Lipinski definition) is 0. The van der Waals surface area contributed by atoms with Crippen LogP contribution in [0.15, 0.2) is 24.3 Å². The van der Waals surface area contributed by atoms with E-state index >= 15 is 0 Å². The van der Waals surface area contributed by atoms with Crippen LogP contribution in [-0.2, 0) is 0 Å². The number of carbonyl (C=O) groups is 1. The van der Waals surface area contributed by atoms with Crippen molar-refractivity contribution in [2.45, 2.75) is 20.8 Å². The lowest BCUT2D eigenvalue weighted by Gasteiger charge is -1.99. The van der Waals surface area contributed by atoms with Crippen molar-refractivity contribution in [3.05, 3.63) is 41.3 Å². The van der Waals surface area contributed by atoms with E-state index in [0.29, 0.717) is 16.8 Å². The number of aryl methyl sites for hydroxylation is 2. The van der Waals surface area contributed by atoms with Gasteiger partial charge in [0.1, 0.15) is 5.82 Å². The highest BCUT2D eigenvalue weighted by Gasteiger charge is 2.10. The first kappa shape index (κ1) is 11.5. The Bertz CT molecular complexity index is 587. The Morgan fingerprint density at radius 1 is 1.29 bits per heavy atom. The molecule has 2 aromatic rings. The van der Waals surface area contributed by atoms with Crippen LogP contribution in [0.4, 0.5) is 4.39 Å². The fourth-order valence-corrected chi connectivity index (χ4v) is 1.69.